The summed E-state index contributed by atoms with van der Waals surface area (Å²) in [5.41, 5.74) is -0.568. The molecule has 0 fully saturated rings. The number of aromatic nitrogens is 4. The van der Waals surface area contributed by atoms with E-state index in [1.807, 2.05) is 0 Å². The van der Waals surface area contributed by atoms with Crippen LogP contribution in [0.15, 0.2) is 55.2 Å². The largest absolute Gasteiger partial charge is 0.289 e. The van der Waals surface area contributed by atoms with Crippen molar-refractivity contribution in [1.29, 1.82) is 0 Å². The molecule has 0 aliphatic heterocycles. The Morgan fingerprint density at radius 1 is 1.16 bits per heavy atom. The number of hydrogen-bond donors (Lipinski definition) is 1. The maximum Gasteiger partial charge on any atom is 0.232 e. The Bertz CT molecular complexity index is 1420. The number of imidazole rings is 1. The standard InChI is InChI=1S/C21H17F2N5O3S/c1-2-9-32(30,31)27-16-6-4-14(22)19(20(16)23)21(29)13-3-5-15-17(10-13)26-18(11-25-15)28-8-7-24-12-28/h3-8,10-12,27H,2,9H2,1H3. The predicted molar refractivity (Wildman–Crippen MR) is 114 cm³/mol. The number of hydrogen-bond acceptors (Lipinski definition) is 6. The second-order valence-electron chi connectivity index (χ2n) is 6.94. The molecule has 4 rings (SSSR count). The minimum Gasteiger partial charge on any atom is -0.289 e. The average Bonchev–Trinajstić information content (AvgIpc) is 3.30. The van der Waals surface area contributed by atoms with E-state index < -0.39 is 38.7 Å². The zero-order valence-electron chi connectivity index (χ0n) is 16.8. The molecule has 2 aromatic carbocycles. The van der Waals surface area contributed by atoms with E-state index in [-0.39, 0.29) is 11.3 Å². The molecular formula is C21H17F2N5O3S. The smallest absolute Gasteiger partial charge is 0.232 e. The lowest BCUT2D eigenvalue weighted by Gasteiger charge is -2.12. The van der Waals surface area contributed by atoms with Gasteiger partial charge in [-0.3, -0.25) is 19.1 Å². The van der Waals surface area contributed by atoms with Crippen molar-refractivity contribution < 1.29 is 22.0 Å². The van der Waals surface area contributed by atoms with Gasteiger partial charge in [-0.15, -0.1) is 0 Å². The average molecular weight is 457 g/mol. The highest BCUT2D eigenvalue weighted by Gasteiger charge is 2.24. The molecule has 0 radical (unpaired) electrons. The first kappa shape index (κ1) is 21.5. The number of halogens is 2. The van der Waals surface area contributed by atoms with Gasteiger partial charge in [0.1, 0.15) is 12.1 Å². The highest BCUT2D eigenvalue weighted by atomic mass is 32.2. The Balaban J connectivity index is 1.74. The number of anilines is 1. The molecular weight excluding hydrogens is 440 g/mol. The molecule has 2 aromatic heterocycles. The Labute approximate surface area is 182 Å². The summed E-state index contributed by atoms with van der Waals surface area (Å²) >= 11 is 0. The van der Waals surface area contributed by atoms with Gasteiger partial charge in [0.05, 0.1) is 34.2 Å². The third-order valence-electron chi connectivity index (χ3n) is 4.62. The van der Waals surface area contributed by atoms with Gasteiger partial charge in [0.2, 0.25) is 10.0 Å². The number of carbonyl (C=O) groups is 1. The van der Waals surface area contributed by atoms with E-state index in [9.17, 15) is 22.0 Å². The van der Waals surface area contributed by atoms with Crippen molar-refractivity contribution in [3.63, 3.8) is 0 Å². The number of nitrogens with one attached hydrogen (secondary N) is 1. The number of rotatable bonds is 7. The van der Waals surface area contributed by atoms with Crippen LogP contribution < -0.4 is 4.72 Å². The first-order chi connectivity index (χ1) is 15.3. The third-order valence-corrected chi connectivity index (χ3v) is 6.09. The third kappa shape index (κ3) is 4.19. The highest BCUT2D eigenvalue weighted by molar-refractivity contribution is 7.92. The SMILES string of the molecule is CCCS(=O)(=O)Nc1ccc(F)c(C(=O)c2ccc3ncc(-n4ccnc4)nc3c2)c1F. The van der Waals surface area contributed by atoms with Gasteiger partial charge in [0.15, 0.2) is 17.4 Å². The number of benzene rings is 2. The van der Waals surface area contributed by atoms with Crippen molar-refractivity contribution in [1.82, 2.24) is 19.5 Å². The summed E-state index contributed by atoms with van der Waals surface area (Å²) < 4.78 is 57.1. The molecule has 0 aliphatic carbocycles. The second kappa shape index (κ2) is 8.42. The van der Waals surface area contributed by atoms with Crippen LogP contribution in [0.1, 0.15) is 29.3 Å². The predicted octanol–water partition coefficient (Wildman–Crippen LogP) is 3.48. The summed E-state index contributed by atoms with van der Waals surface area (Å²) in [6.07, 6.45) is 6.60. The number of ketones is 1. The summed E-state index contributed by atoms with van der Waals surface area (Å²) in [7, 11) is -3.83. The molecule has 0 unspecified atom stereocenters. The van der Waals surface area contributed by atoms with E-state index in [1.165, 1.54) is 30.7 Å². The van der Waals surface area contributed by atoms with Crippen LogP contribution in [-0.2, 0) is 10.0 Å². The lowest BCUT2D eigenvalue weighted by molar-refractivity contribution is 0.103. The summed E-state index contributed by atoms with van der Waals surface area (Å²) in [6, 6.07) is 6.05. The van der Waals surface area contributed by atoms with E-state index in [2.05, 4.69) is 19.7 Å². The molecule has 8 nitrogen and oxygen atoms in total. The summed E-state index contributed by atoms with van der Waals surface area (Å²) in [4.78, 5) is 25.6. The molecule has 0 saturated carbocycles. The van der Waals surface area contributed by atoms with Crippen LogP contribution in [-0.4, -0.2) is 39.5 Å². The van der Waals surface area contributed by atoms with Crippen molar-refractivity contribution >= 4 is 32.5 Å². The van der Waals surface area contributed by atoms with Gasteiger partial charge >= 0.3 is 0 Å². The van der Waals surface area contributed by atoms with E-state index in [0.29, 0.717) is 23.3 Å². The van der Waals surface area contributed by atoms with Gasteiger partial charge in [-0.1, -0.05) is 6.92 Å². The number of sulfonamides is 1. The van der Waals surface area contributed by atoms with E-state index >= 15 is 0 Å². The highest BCUT2D eigenvalue weighted by Crippen LogP contribution is 2.26. The summed E-state index contributed by atoms with van der Waals surface area (Å²) in [5.74, 6) is -3.13. The first-order valence-electron chi connectivity index (χ1n) is 9.57. The van der Waals surface area contributed by atoms with Crippen molar-refractivity contribution in [2.75, 3.05) is 10.5 Å². The van der Waals surface area contributed by atoms with E-state index in [0.717, 1.165) is 12.1 Å². The molecule has 0 saturated heterocycles. The summed E-state index contributed by atoms with van der Waals surface area (Å²) in [6.45, 7) is 1.65. The molecule has 164 valence electrons. The van der Waals surface area contributed by atoms with Gasteiger partial charge in [-0.25, -0.2) is 27.2 Å². The Morgan fingerprint density at radius 3 is 2.69 bits per heavy atom. The molecule has 1 N–H and O–H groups in total. The minimum atomic E-state index is -3.83. The fourth-order valence-electron chi connectivity index (χ4n) is 3.13. The van der Waals surface area contributed by atoms with Gasteiger partial charge in [0, 0.05) is 18.0 Å². The van der Waals surface area contributed by atoms with Crippen molar-refractivity contribution in [3.8, 4) is 5.82 Å². The molecule has 32 heavy (non-hydrogen) atoms. The van der Waals surface area contributed by atoms with E-state index in [1.54, 1.807) is 23.9 Å². The Morgan fingerprint density at radius 2 is 1.97 bits per heavy atom. The number of nitrogens with zero attached hydrogens (tertiary/aromatic N) is 4. The molecule has 2 heterocycles. The lowest BCUT2D eigenvalue weighted by Crippen LogP contribution is -2.18. The van der Waals surface area contributed by atoms with Gasteiger partial charge in [-0.2, -0.15) is 0 Å². The van der Waals surface area contributed by atoms with Crippen LogP contribution in [0.2, 0.25) is 0 Å². The molecule has 0 aliphatic rings. The minimum absolute atomic E-state index is 0.0269. The molecule has 11 heteroatoms. The Kier molecular flexibility index (Phi) is 5.66. The van der Waals surface area contributed by atoms with Crippen molar-refractivity contribution in [3.05, 3.63) is 78.0 Å². The molecule has 4 aromatic rings. The van der Waals surface area contributed by atoms with Crippen LogP contribution in [0.3, 0.4) is 0 Å². The Hall–Kier alpha value is -3.73. The lowest BCUT2D eigenvalue weighted by atomic mass is 10.0. The topological polar surface area (TPSA) is 107 Å². The molecule has 0 amide bonds. The second-order valence-corrected chi connectivity index (χ2v) is 8.78. The normalized spacial score (nSPS) is 11.6. The molecule has 0 bridgehead atoms. The van der Waals surface area contributed by atoms with Gasteiger partial charge < -0.3 is 0 Å². The zero-order valence-corrected chi connectivity index (χ0v) is 17.6. The van der Waals surface area contributed by atoms with Crippen LogP contribution in [0, 0.1) is 11.6 Å². The van der Waals surface area contributed by atoms with Crippen LogP contribution in [0.25, 0.3) is 16.9 Å². The molecule has 0 atom stereocenters. The quantitative estimate of drug-likeness (QED) is 0.426. The maximum absolute atomic E-state index is 15.0. The first-order valence-corrected chi connectivity index (χ1v) is 11.2. The van der Waals surface area contributed by atoms with Crippen LogP contribution in [0.5, 0.6) is 0 Å². The van der Waals surface area contributed by atoms with Crippen LogP contribution in [0.4, 0.5) is 14.5 Å². The van der Waals surface area contributed by atoms with Gasteiger partial charge in [0.25, 0.3) is 0 Å². The fourth-order valence-corrected chi connectivity index (χ4v) is 4.27. The maximum atomic E-state index is 15.0. The zero-order chi connectivity index (χ0) is 22.9. The van der Waals surface area contributed by atoms with E-state index in [4.69, 9.17) is 0 Å². The van der Waals surface area contributed by atoms with Crippen molar-refractivity contribution in [2.24, 2.45) is 0 Å². The summed E-state index contributed by atoms with van der Waals surface area (Å²) in [5, 5.41) is 0. The molecule has 0 spiro atoms. The van der Waals surface area contributed by atoms with Crippen LogP contribution >= 0.6 is 0 Å². The van der Waals surface area contributed by atoms with Gasteiger partial charge in [-0.05, 0) is 36.8 Å². The fraction of sp³-hybridized carbons (Fsp3) is 0.143. The number of carbonyl (C=O) groups excluding carboxylic acids is 1. The monoisotopic (exact) mass is 457 g/mol. The van der Waals surface area contributed by atoms with Crippen molar-refractivity contribution in [2.45, 2.75) is 13.3 Å². The number of fused-ring (bicyclic) bond motifs is 1.